The van der Waals surface area contributed by atoms with Gasteiger partial charge in [0.05, 0.1) is 30.1 Å². The third kappa shape index (κ3) is 5.31. The average Bonchev–Trinajstić information content (AvgIpc) is 2.91. The molecule has 3 aromatic rings. The predicted octanol–water partition coefficient (Wildman–Crippen LogP) is 2.71. The number of hydrogen-bond acceptors (Lipinski definition) is 9. The van der Waals surface area contributed by atoms with Crippen LogP contribution in [-0.2, 0) is 6.18 Å². The number of alkyl halides is 3. The van der Waals surface area contributed by atoms with Crippen molar-refractivity contribution in [3.63, 3.8) is 0 Å². The second-order valence-corrected chi connectivity index (χ2v) is 8.90. The standard InChI is InChI=1S/C24H24F3N7O4/c25-24(26,27)15-4-1-3-14(9-15)20-29-10-18-21(32-20)34(16-5-2-8-33(18)11-16)23(37)31-19-6-7-28-22(30-19)38-13-17(36)12-35/h1,3-4,6-7,9-10,16-17,35-36H,2,5,8,11-13H2,(H,28,30,31,37)/t16-,17?/m0/s1. The molecule has 38 heavy (non-hydrogen) atoms. The molecule has 0 radical (unpaired) electrons. The number of aliphatic hydroxyl groups excluding tert-OH is 2. The molecule has 2 bridgehead atoms. The topological polar surface area (TPSA) is 137 Å². The molecule has 4 heterocycles. The maximum Gasteiger partial charge on any atom is 0.416 e. The van der Waals surface area contributed by atoms with Crippen molar-refractivity contribution in [2.75, 3.05) is 41.4 Å². The minimum absolute atomic E-state index is 0.0639. The zero-order valence-corrected chi connectivity index (χ0v) is 20.0. The van der Waals surface area contributed by atoms with E-state index in [0.717, 1.165) is 25.1 Å². The molecule has 1 fully saturated rings. The molecule has 2 aliphatic rings. The van der Waals surface area contributed by atoms with Crippen LogP contribution in [0.3, 0.4) is 0 Å². The van der Waals surface area contributed by atoms with Crippen molar-refractivity contribution in [1.29, 1.82) is 0 Å². The fourth-order valence-corrected chi connectivity index (χ4v) is 4.43. The first-order valence-corrected chi connectivity index (χ1v) is 11.9. The second kappa shape index (κ2) is 10.4. The van der Waals surface area contributed by atoms with Crippen LogP contribution in [0.4, 0.5) is 35.3 Å². The van der Waals surface area contributed by atoms with Crippen molar-refractivity contribution < 1.29 is 32.9 Å². The number of nitrogens with zero attached hydrogens (tertiary/aromatic N) is 6. The molecule has 0 spiro atoms. The van der Waals surface area contributed by atoms with Gasteiger partial charge in [-0.3, -0.25) is 10.2 Å². The Morgan fingerprint density at radius 3 is 2.87 bits per heavy atom. The van der Waals surface area contributed by atoms with Gasteiger partial charge in [0.15, 0.2) is 11.6 Å². The predicted molar refractivity (Wildman–Crippen MR) is 130 cm³/mol. The number of ether oxygens (including phenoxy) is 1. The summed E-state index contributed by atoms with van der Waals surface area (Å²) in [6.45, 7) is 0.579. The van der Waals surface area contributed by atoms with Crippen molar-refractivity contribution in [2.45, 2.75) is 31.2 Å². The number of halogens is 3. The van der Waals surface area contributed by atoms with Crippen molar-refractivity contribution in [1.82, 2.24) is 19.9 Å². The summed E-state index contributed by atoms with van der Waals surface area (Å²) in [5.41, 5.74) is -0.0345. The Morgan fingerprint density at radius 1 is 1.24 bits per heavy atom. The van der Waals surface area contributed by atoms with Crippen LogP contribution in [0.25, 0.3) is 11.4 Å². The Balaban J connectivity index is 1.44. The van der Waals surface area contributed by atoms with Crippen molar-refractivity contribution in [2.24, 2.45) is 0 Å². The van der Waals surface area contributed by atoms with E-state index in [0.29, 0.717) is 18.7 Å². The van der Waals surface area contributed by atoms with Gasteiger partial charge >= 0.3 is 18.2 Å². The minimum atomic E-state index is -4.52. The van der Waals surface area contributed by atoms with Crippen molar-refractivity contribution in [3.8, 4) is 17.4 Å². The van der Waals surface area contributed by atoms with Gasteiger partial charge < -0.3 is 19.8 Å². The Kier molecular flexibility index (Phi) is 6.99. The molecule has 5 rings (SSSR count). The molecule has 0 saturated carbocycles. The molecule has 2 atom stereocenters. The number of amides is 2. The van der Waals surface area contributed by atoms with Crippen LogP contribution in [0.15, 0.2) is 42.7 Å². The first-order chi connectivity index (χ1) is 18.2. The number of benzene rings is 1. The molecule has 1 aromatic carbocycles. The Morgan fingerprint density at radius 2 is 2.08 bits per heavy atom. The number of hydrogen-bond donors (Lipinski definition) is 3. The number of rotatable bonds is 6. The third-order valence-electron chi connectivity index (χ3n) is 6.23. The van der Waals surface area contributed by atoms with E-state index in [9.17, 15) is 23.1 Å². The number of nitrogens with one attached hydrogen (secondary N) is 1. The summed E-state index contributed by atoms with van der Waals surface area (Å²) in [5, 5.41) is 21.1. The highest BCUT2D eigenvalue weighted by molar-refractivity contribution is 6.04. The number of aromatic nitrogens is 4. The molecule has 0 aliphatic carbocycles. The van der Waals surface area contributed by atoms with E-state index >= 15 is 0 Å². The highest BCUT2D eigenvalue weighted by Gasteiger charge is 2.39. The first-order valence-electron chi connectivity index (χ1n) is 11.9. The molecule has 11 nitrogen and oxygen atoms in total. The molecular formula is C24H24F3N7O4. The highest BCUT2D eigenvalue weighted by Crippen LogP contribution is 2.39. The van der Waals surface area contributed by atoms with Crippen LogP contribution < -0.4 is 19.9 Å². The summed E-state index contributed by atoms with van der Waals surface area (Å²) in [5.74, 6) is 0.483. The van der Waals surface area contributed by atoms with Crippen molar-refractivity contribution >= 4 is 23.4 Å². The van der Waals surface area contributed by atoms with Crippen LogP contribution in [0.1, 0.15) is 18.4 Å². The fourth-order valence-electron chi connectivity index (χ4n) is 4.43. The van der Waals surface area contributed by atoms with E-state index < -0.39 is 30.5 Å². The van der Waals surface area contributed by atoms with Crippen molar-refractivity contribution in [3.05, 3.63) is 48.3 Å². The quantitative estimate of drug-likeness (QED) is 0.439. The van der Waals surface area contributed by atoms with E-state index in [1.807, 2.05) is 0 Å². The van der Waals surface area contributed by atoms with E-state index in [4.69, 9.17) is 9.84 Å². The number of aliphatic hydroxyl groups is 2. The van der Waals surface area contributed by atoms with Crippen LogP contribution in [0.5, 0.6) is 6.01 Å². The van der Waals surface area contributed by atoms with Gasteiger partial charge in [-0.25, -0.2) is 19.7 Å². The van der Waals surface area contributed by atoms with Gasteiger partial charge in [-0.1, -0.05) is 12.1 Å². The summed E-state index contributed by atoms with van der Waals surface area (Å²) in [4.78, 5) is 33.9. The van der Waals surface area contributed by atoms with E-state index in [-0.39, 0.29) is 41.7 Å². The molecule has 14 heteroatoms. The van der Waals surface area contributed by atoms with E-state index in [1.54, 1.807) is 0 Å². The maximum atomic E-state index is 13.5. The normalized spacial score (nSPS) is 17.6. The summed E-state index contributed by atoms with van der Waals surface area (Å²) in [7, 11) is 0. The molecule has 2 aliphatic heterocycles. The number of carbonyl (C=O) groups is 1. The number of anilines is 3. The zero-order chi connectivity index (χ0) is 26.9. The number of piperidine rings is 1. The second-order valence-electron chi connectivity index (χ2n) is 8.90. The summed E-state index contributed by atoms with van der Waals surface area (Å²) < 4.78 is 45.1. The van der Waals surface area contributed by atoms with Crippen LogP contribution in [0.2, 0.25) is 0 Å². The molecule has 1 unspecified atom stereocenters. The summed E-state index contributed by atoms with van der Waals surface area (Å²) in [6.07, 6.45) is -1.19. The van der Waals surface area contributed by atoms with Gasteiger partial charge in [-0.15, -0.1) is 0 Å². The lowest BCUT2D eigenvalue weighted by atomic mass is 10.0. The lowest BCUT2D eigenvalue weighted by Gasteiger charge is -2.45. The molecule has 200 valence electrons. The number of urea groups is 1. The lowest BCUT2D eigenvalue weighted by Crippen LogP contribution is -2.56. The SMILES string of the molecule is O=C(Nc1ccnc(OCC(O)CO)n1)N1c2nc(-c3cccc(C(F)(F)F)c3)ncc2N2CCC[C@H]1C2. The zero-order valence-electron chi connectivity index (χ0n) is 20.0. The fraction of sp³-hybridized carbons (Fsp3) is 0.375. The molecule has 3 N–H and O–H groups in total. The van der Waals surface area contributed by atoms with E-state index in [2.05, 4.69) is 30.2 Å². The summed E-state index contributed by atoms with van der Waals surface area (Å²) >= 11 is 0. The first kappa shape index (κ1) is 25.6. The molecule has 2 aromatic heterocycles. The van der Waals surface area contributed by atoms with Gasteiger partial charge in [-0.2, -0.15) is 18.2 Å². The largest absolute Gasteiger partial charge is 0.461 e. The smallest absolute Gasteiger partial charge is 0.416 e. The third-order valence-corrected chi connectivity index (χ3v) is 6.23. The van der Waals surface area contributed by atoms with Crippen LogP contribution in [0, 0.1) is 0 Å². The monoisotopic (exact) mass is 531 g/mol. The highest BCUT2D eigenvalue weighted by atomic mass is 19.4. The molecule has 2 amide bonds. The minimum Gasteiger partial charge on any atom is -0.461 e. The molecule has 1 saturated heterocycles. The van der Waals surface area contributed by atoms with Gasteiger partial charge in [-0.05, 0) is 31.0 Å². The Bertz CT molecular complexity index is 1330. The lowest BCUT2D eigenvalue weighted by molar-refractivity contribution is -0.137. The van der Waals surface area contributed by atoms with Crippen LogP contribution in [-0.4, -0.2) is 74.6 Å². The van der Waals surface area contributed by atoms with E-state index in [1.165, 1.54) is 35.5 Å². The Hall–Kier alpha value is -4.04. The number of fused-ring (bicyclic) bond motifs is 4. The maximum absolute atomic E-state index is 13.5. The van der Waals surface area contributed by atoms with Gasteiger partial charge in [0.25, 0.3) is 0 Å². The van der Waals surface area contributed by atoms with Gasteiger partial charge in [0.2, 0.25) is 0 Å². The number of carbonyl (C=O) groups excluding carboxylic acids is 1. The molecular weight excluding hydrogens is 507 g/mol. The van der Waals surface area contributed by atoms with Crippen LogP contribution >= 0.6 is 0 Å². The summed E-state index contributed by atoms with van der Waals surface area (Å²) in [6, 6.07) is 5.32. The Labute approximate surface area is 214 Å². The van der Waals surface area contributed by atoms with Gasteiger partial charge in [0.1, 0.15) is 18.5 Å². The van der Waals surface area contributed by atoms with Gasteiger partial charge in [0, 0.05) is 24.8 Å². The average molecular weight is 531 g/mol.